The highest BCUT2D eigenvalue weighted by molar-refractivity contribution is 7.88. The highest BCUT2D eigenvalue weighted by Crippen LogP contribution is 2.99. The molecule has 12 nitrogen and oxygen atoms in total. The van der Waals surface area contributed by atoms with Crippen molar-refractivity contribution in [3.63, 3.8) is 0 Å². The summed E-state index contributed by atoms with van der Waals surface area (Å²) in [5.74, 6) is 0.326. The zero-order valence-electron chi connectivity index (χ0n) is 30.0. The number of rotatable bonds is 4. The Kier molecular flexibility index (Phi) is 4.25. The second-order valence-electron chi connectivity index (χ2n) is 16.9. The van der Waals surface area contributed by atoms with Crippen LogP contribution in [0.1, 0.15) is 45.0 Å². The van der Waals surface area contributed by atoms with Gasteiger partial charge in [-0.15, -0.1) is 0 Å². The van der Waals surface area contributed by atoms with Crippen molar-refractivity contribution in [2.24, 2.45) is 0 Å². The molecule has 0 amide bonds. The predicted molar refractivity (Wildman–Crippen MR) is 228 cm³/mol. The maximum atomic E-state index is 13.9. The minimum atomic E-state index is -2.89. The molecule has 14 aliphatic heterocycles. The van der Waals surface area contributed by atoms with E-state index in [1.54, 1.807) is 24.3 Å². The summed E-state index contributed by atoms with van der Waals surface area (Å²) in [4.78, 5) is 17.7. The third-order valence-electron chi connectivity index (χ3n) is 14.4. The molecule has 0 aromatic carbocycles. The summed E-state index contributed by atoms with van der Waals surface area (Å²) in [6.07, 6.45) is 14.7. The number of aliphatic hydroxyl groups is 4. The van der Waals surface area contributed by atoms with Gasteiger partial charge in [-0.25, -0.2) is 9.97 Å². The maximum Gasteiger partial charge on any atom is 0.180 e. The SMILES string of the molecule is O=P12C3=C(O)C1=C2C(c1c2nc(c(C4=CC5=C(O)C6=C4P56=O)c4ccc([nH]4)c(C4=CC5=C(O)C6=C4P56=O)c4nc(c(C5=CC6=C(O)C7=C5P67=O)c5ccc1[nH]5)C=C4)C=C2)=C3. The number of nitrogens with one attached hydrogen (secondary N) is 2. The van der Waals surface area contributed by atoms with Gasteiger partial charge in [0.25, 0.3) is 0 Å². The lowest BCUT2D eigenvalue weighted by atomic mass is 10.00. The molecule has 60 heavy (non-hydrogen) atoms. The molecule has 16 heteroatoms. The zero-order valence-corrected chi connectivity index (χ0v) is 33.6. The van der Waals surface area contributed by atoms with Crippen LogP contribution in [0.4, 0.5) is 0 Å². The highest BCUT2D eigenvalue weighted by Gasteiger charge is 2.70. The first-order chi connectivity index (χ1) is 28.9. The molecule has 3 aromatic heterocycles. The van der Waals surface area contributed by atoms with Crippen LogP contribution in [0.3, 0.4) is 0 Å². The lowest BCUT2D eigenvalue weighted by Crippen LogP contribution is -1.97. The Hall–Kier alpha value is -6.40. The molecule has 3 aromatic rings. The van der Waals surface area contributed by atoms with Gasteiger partial charge in [0, 0.05) is 65.6 Å². The van der Waals surface area contributed by atoms with Crippen LogP contribution in [0.5, 0.6) is 0 Å². The first-order valence-corrected chi connectivity index (χ1v) is 26.0. The molecule has 0 saturated heterocycles. The summed E-state index contributed by atoms with van der Waals surface area (Å²) in [7, 11) is -11.6. The van der Waals surface area contributed by atoms with Gasteiger partial charge in [0.05, 0.1) is 65.3 Å². The molecular formula is C44H18N4O8P4. The van der Waals surface area contributed by atoms with E-state index in [1.165, 1.54) is 0 Å². The van der Waals surface area contributed by atoms with Crippen LogP contribution >= 0.6 is 28.6 Å². The Morgan fingerprint density at radius 2 is 0.600 bits per heavy atom. The molecule has 0 aliphatic carbocycles. The molecule has 282 valence electrons. The van der Waals surface area contributed by atoms with Gasteiger partial charge in [0.1, 0.15) is 23.0 Å². The van der Waals surface area contributed by atoms with E-state index in [0.717, 1.165) is 0 Å². The number of aliphatic hydroxyl groups excluding tert-OH is 4. The van der Waals surface area contributed by atoms with E-state index in [1.807, 2.05) is 48.6 Å². The largest absolute Gasteiger partial charge is 0.506 e. The van der Waals surface area contributed by atoms with Gasteiger partial charge in [0.15, 0.2) is 28.6 Å². The number of aromatic nitrogens is 4. The van der Waals surface area contributed by atoms with Crippen LogP contribution in [0.2, 0.25) is 0 Å². The number of nitrogens with zero attached hydrogens (tertiary/aromatic N) is 2. The van der Waals surface area contributed by atoms with Crippen molar-refractivity contribution in [3.8, 4) is 0 Å². The number of hydrogen-bond donors (Lipinski definition) is 6. The fraction of sp³-hybridized carbons (Fsp3) is 0. The van der Waals surface area contributed by atoms with Gasteiger partial charge < -0.3 is 48.7 Å². The van der Waals surface area contributed by atoms with Gasteiger partial charge in [-0.2, -0.15) is 0 Å². The summed E-state index contributed by atoms with van der Waals surface area (Å²) in [5.41, 5.74) is 10.4. The number of H-pyrrole nitrogens is 2. The first kappa shape index (κ1) is 30.6. The predicted octanol–water partition coefficient (Wildman–Crippen LogP) is 11.7. The van der Waals surface area contributed by atoms with Crippen molar-refractivity contribution in [3.05, 3.63) is 180 Å². The number of fused-ring (bicyclic) bond motifs is 8. The lowest BCUT2D eigenvalue weighted by Gasteiger charge is -2.12. The normalized spacial score (nSPS) is 31.9. The minimum absolute atomic E-state index is 0.0815. The third-order valence-corrected chi connectivity index (χ3v) is 26.2. The van der Waals surface area contributed by atoms with Gasteiger partial charge in [-0.05, 0) is 95.2 Å². The number of allylic oxidation sites excluding steroid dienone is 20. The second-order valence-corrected chi connectivity index (χ2v) is 27.3. The molecule has 0 radical (unpaired) electrons. The lowest BCUT2D eigenvalue weighted by molar-refractivity contribution is 0.422. The van der Waals surface area contributed by atoms with E-state index in [2.05, 4.69) is 9.97 Å². The van der Waals surface area contributed by atoms with Gasteiger partial charge in [-0.1, -0.05) is 0 Å². The van der Waals surface area contributed by atoms with Crippen LogP contribution in [0.25, 0.3) is 68.7 Å². The highest BCUT2D eigenvalue weighted by atomic mass is 31.2. The standard InChI is InChI=1S/C44H18N4O8P4/c49-33-25-9-13(37-41(33)57(25,37)53)29-17-1-2-18(45-17)30(14-10-26-34(50)42-38(14)58(26,42)54)20-5-6-22(47-20)32(16-12-28-36(52)44-40(16)60(28,44)56)24-8-7-23(48-24)31(21-4-3-19(29)46-21)15-11-27-35(51)43-39(15)59(27,43)55/h1-12,45,48-52H. The second kappa shape index (κ2) is 8.34. The molecule has 4 atom stereocenters. The van der Waals surface area contributed by atoms with E-state index in [0.29, 0.717) is 153 Å². The molecule has 0 spiro atoms. The summed E-state index contributed by atoms with van der Waals surface area (Å²) in [6.45, 7) is 0. The van der Waals surface area contributed by atoms with Gasteiger partial charge >= 0.3 is 0 Å². The van der Waals surface area contributed by atoms with E-state index in [9.17, 15) is 38.7 Å². The molecule has 14 aliphatic rings. The Morgan fingerprint density at radius 1 is 0.367 bits per heavy atom. The molecule has 8 bridgehead atoms. The molecule has 6 N–H and O–H groups in total. The van der Waals surface area contributed by atoms with Crippen molar-refractivity contribution in [1.82, 2.24) is 19.9 Å². The molecule has 4 unspecified atom stereocenters. The monoisotopic (exact) mass is 854 g/mol. The van der Waals surface area contributed by atoms with Crippen LogP contribution < -0.4 is 0 Å². The van der Waals surface area contributed by atoms with Gasteiger partial charge in [0.2, 0.25) is 0 Å². The van der Waals surface area contributed by atoms with Gasteiger partial charge in [-0.3, -0.25) is 0 Å². The quantitative estimate of drug-likeness (QED) is 0.0943. The summed E-state index contributed by atoms with van der Waals surface area (Å²) < 4.78 is 55.5. The van der Waals surface area contributed by atoms with Crippen molar-refractivity contribution < 1.29 is 38.7 Å². The van der Waals surface area contributed by atoms with Crippen LogP contribution in [-0.4, -0.2) is 40.4 Å². The Bertz CT molecular complexity index is 3630. The molecule has 17 rings (SSSR count). The van der Waals surface area contributed by atoms with Crippen LogP contribution in [0, 0.1) is 0 Å². The first-order valence-electron chi connectivity index (χ1n) is 19.2. The molecule has 0 saturated carbocycles. The maximum absolute atomic E-state index is 13.9. The topological polar surface area (TPSA) is 207 Å². The minimum Gasteiger partial charge on any atom is -0.506 e. The Balaban J connectivity index is 1.02. The van der Waals surface area contributed by atoms with Crippen molar-refractivity contribution in [2.75, 3.05) is 0 Å². The van der Waals surface area contributed by atoms with Crippen LogP contribution in [0.15, 0.2) is 135 Å². The smallest absolute Gasteiger partial charge is 0.180 e. The summed E-state index contributed by atoms with van der Waals surface area (Å²) in [6, 6.07) is 7.66. The summed E-state index contributed by atoms with van der Waals surface area (Å²) in [5, 5.41) is 48.9. The van der Waals surface area contributed by atoms with E-state index < -0.39 is 28.6 Å². The fourth-order valence-electron chi connectivity index (χ4n) is 11.5. The Morgan fingerprint density at radius 3 is 0.783 bits per heavy atom. The average molecular weight is 855 g/mol. The number of hydrogen-bond acceptors (Lipinski definition) is 10. The van der Waals surface area contributed by atoms with Crippen LogP contribution in [-0.2, 0) is 18.3 Å². The van der Waals surface area contributed by atoms with Crippen molar-refractivity contribution in [1.29, 1.82) is 0 Å². The van der Waals surface area contributed by atoms with Crippen molar-refractivity contribution >= 4 is 97.2 Å². The summed E-state index contributed by atoms with van der Waals surface area (Å²) >= 11 is 0. The zero-order chi connectivity index (χ0) is 39.8. The van der Waals surface area contributed by atoms with Crippen molar-refractivity contribution in [2.45, 2.75) is 0 Å². The number of aromatic amines is 2. The molecular weight excluding hydrogens is 836 g/mol. The average Bonchev–Trinajstić information content (AvgIpc) is 3.76. The molecule has 0 fully saturated rings. The van der Waals surface area contributed by atoms with E-state index in [4.69, 9.17) is 9.97 Å². The van der Waals surface area contributed by atoms with E-state index >= 15 is 0 Å². The molecule has 17 heterocycles. The third kappa shape index (κ3) is 2.69. The van der Waals surface area contributed by atoms with E-state index in [-0.39, 0.29) is 23.0 Å². The fourth-order valence-corrected chi connectivity index (χ4v) is 23.3. The Labute approximate surface area is 335 Å².